The van der Waals surface area contributed by atoms with Gasteiger partial charge in [-0.05, 0) is 32.9 Å². The Kier molecular flexibility index (Phi) is 4.44. The SMILES string of the molecule is CN(C(=O)OC(C)(C)C)n1cnc(Cc2ccc(F)cn2)c1. The molecular weight excluding hydrogens is 287 g/mol. The maximum Gasteiger partial charge on any atom is 0.429 e. The quantitative estimate of drug-likeness (QED) is 0.874. The van der Waals surface area contributed by atoms with Gasteiger partial charge in [0.25, 0.3) is 0 Å². The predicted octanol–water partition coefficient (Wildman–Crippen LogP) is 2.51. The van der Waals surface area contributed by atoms with Crippen LogP contribution in [0.5, 0.6) is 0 Å². The maximum absolute atomic E-state index is 12.8. The molecule has 0 saturated heterocycles. The van der Waals surface area contributed by atoms with Crippen molar-refractivity contribution in [3.05, 3.63) is 48.1 Å². The molecule has 0 atom stereocenters. The average molecular weight is 306 g/mol. The number of rotatable bonds is 3. The molecule has 0 aliphatic carbocycles. The zero-order valence-corrected chi connectivity index (χ0v) is 13.1. The van der Waals surface area contributed by atoms with E-state index in [0.29, 0.717) is 12.1 Å². The van der Waals surface area contributed by atoms with Crippen LogP contribution in [0, 0.1) is 5.82 Å². The highest BCUT2D eigenvalue weighted by Gasteiger charge is 2.20. The minimum atomic E-state index is -0.563. The molecule has 0 spiro atoms. The zero-order valence-electron chi connectivity index (χ0n) is 13.1. The van der Waals surface area contributed by atoms with Crippen LogP contribution in [-0.4, -0.2) is 33.4 Å². The Labute approximate surface area is 128 Å². The van der Waals surface area contributed by atoms with Crippen LogP contribution in [0.1, 0.15) is 32.2 Å². The Balaban J connectivity index is 2.04. The highest BCUT2D eigenvalue weighted by molar-refractivity contribution is 5.78. The van der Waals surface area contributed by atoms with E-state index in [1.54, 1.807) is 40.1 Å². The first-order valence-electron chi connectivity index (χ1n) is 6.85. The molecule has 2 rings (SSSR count). The van der Waals surface area contributed by atoms with Crippen LogP contribution >= 0.6 is 0 Å². The van der Waals surface area contributed by atoms with Gasteiger partial charge in [0.2, 0.25) is 0 Å². The summed E-state index contributed by atoms with van der Waals surface area (Å²) in [6.07, 6.45) is 4.36. The summed E-state index contributed by atoms with van der Waals surface area (Å²) in [5, 5.41) is 1.32. The standard InChI is InChI=1S/C15H19FN4O2/c1-15(2,3)22-14(21)19(4)20-9-13(18-10-20)7-12-6-5-11(16)8-17-12/h5-6,8-10H,7H2,1-4H3. The van der Waals surface area contributed by atoms with E-state index in [-0.39, 0.29) is 5.82 Å². The molecule has 0 bridgehead atoms. The minimum Gasteiger partial charge on any atom is -0.442 e. The fraction of sp³-hybridized carbons (Fsp3) is 0.400. The summed E-state index contributed by atoms with van der Waals surface area (Å²) in [6.45, 7) is 5.41. The van der Waals surface area contributed by atoms with E-state index in [1.165, 1.54) is 28.3 Å². The van der Waals surface area contributed by atoms with E-state index in [9.17, 15) is 9.18 Å². The minimum absolute atomic E-state index is 0.376. The highest BCUT2D eigenvalue weighted by Crippen LogP contribution is 2.10. The van der Waals surface area contributed by atoms with Crippen molar-refractivity contribution in [1.29, 1.82) is 0 Å². The van der Waals surface area contributed by atoms with Crippen molar-refractivity contribution in [2.45, 2.75) is 32.8 Å². The van der Waals surface area contributed by atoms with Crippen LogP contribution in [-0.2, 0) is 11.2 Å². The second kappa shape index (κ2) is 6.13. The number of carbonyl (C=O) groups excluding carboxylic acids is 1. The van der Waals surface area contributed by atoms with Crippen LogP contribution < -0.4 is 5.01 Å². The largest absolute Gasteiger partial charge is 0.442 e. The van der Waals surface area contributed by atoms with Crippen LogP contribution in [0.25, 0.3) is 0 Å². The van der Waals surface area contributed by atoms with Gasteiger partial charge in [-0.2, -0.15) is 0 Å². The van der Waals surface area contributed by atoms with Crippen molar-refractivity contribution in [3.63, 3.8) is 0 Å². The molecule has 0 aliphatic heterocycles. The summed E-state index contributed by atoms with van der Waals surface area (Å²) >= 11 is 0. The van der Waals surface area contributed by atoms with E-state index in [1.807, 2.05) is 0 Å². The number of hydrogen-bond acceptors (Lipinski definition) is 4. The van der Waals surface area contributed by atoms with Gasteiger partial charge in [-0.25, -0.2) is 23.9 Å². The molecule has 22 heavy (non-hydrogen) atoms. The van der Waals surface area contributed by atoms with Gasteiger partial charge in [-0.3, -0.25) is 4.98 Å². The van der Waals surface area contributed by atoms with E-state index in [2.05, 4.69) is 9.97 Å². The fourth-order valence-electron chi connectivity index (χ4n) is 1.73. The summed E-state index contributed by atoms with van der Waals surface area (Å²) in [4.78, 5) is 20.2. The van der Waals surface area contributed by atoms with Gasteiger partial charge in [-0.1, -0.05) is 0 Å². The number of hydrogen-bond donors (Lipinski definition) is 0. The second-order valence-corrected chi connectivity index (χ2v) is 5.89. The topological polar surface area (TPSA) is 60.2 Å². The molecule has 0 N–H and O–H groups in total. The number of carbonyl (C=O) groups is 1. The van der Waals surface area contributed by atoms with Gasteiger partial charge in [0.1, 0.15) is 17.7 Å². The van der Waals surface area contributed by atoms with E-state index >= 15 is 0 Å². The number of halogens is 1. The van der Waals surface area contributed by atoms with Crippen molar-refractivity contribution >= 4 is 6.09 Å². The Morgan fingerprint density at radius 2 is 2.05 bits per heavy atom. The van der Waals surface area contributed by atoms with Gasteiger partial charge in [0, 0.05) is 19.2 Å². The van der Waals surface area contributed by atoms with Crippen molar-refractivity contribution in [2.24, 2.45) is 0 Å². The molecule has 2 heterocycles. The van der Waals surface area contributed by atoms with Crippen molar-refractivity contribution in [1.82, 2.24) is 14.6 Å². The highest BCUT2D eigenvalue weighted by atomic mass is 19.1. The molecule has 2 aromatic heterocycles. The monoisotopic (exact) mass is 306 g/mol. The van der Waals surface area contributed by atoms with Gasteiger partial charge in [0.15, 0.2) is 0 Å². The number of ether oxygens (including phenoxy) is 1. The number of imidazole rings is 1. The Bertz CT molecular complexity index is 646. The van der Waals surface area contributed by atoms with Gasteiger partial charge in [0.05, 0.1) is 18.1 Å². The lowest BCUT2D eigenvalue weighted by atomic mass is 10.2. The first kappa shape index (κ1) is 15.9. The molecular formula is C15H19FN4O2. The van der Waals surface area contributed by atoms with E-state index < -0.39 is 11.7 Å². The molecule has 6 nitrogen and oxygen atoms in total. The number of amides is 1. The summed E-state index contributed by atoms with van der Waals surface area (Å²) < 4.78 is 19.6. The maximum atomic E-state index is 12.8. The van der Waals surface area contributed by atoms with Crippen LogP contribution in [0.15, 0.2) is 30.9 Å². The molecule has 2 aromatic rings. The molecule has 0 unspecified atom stereocenters. The summed E-state index contributed by atoms with van der Waals surface area (Å²) in [5.74, 6) is -0.376. The Morgan fingerprint density at radius 1 is 1.32 bits per heavy atom. The molecule has 0 aromatic carbocycles. The van der Waals surface area contributed by atoms with Crippen LogP contribution in [0.3, 0.4) is 0 Å². The Hall–Kier alpha value is -2.44. The first-order valence-corrected chi connectivity index (χ1v) is 6.85. The number of nitrogens with zero attached hydrogens (tertiary/aromatic N) is 4. The second-order valence-electron chi connectivity index (χ2n) is 5.89. The summed E-state index contributed by atoms with van der Waals surface area (Å²) in [7, 11) is 1.59. The average Bonchev–Trinajstić information content (AvgIpc) is 2.87. The van der Waals surface area contributed by atoms with Crippen LogP contribution in [0.4, 0.5) is 9.18 Å². The third-order valence-electron chi connectivity index (χ3n) is 2.78. The van der Waals surface area contributed by atoms with Crippen molar-refractivity contribution in [3.8, 4) is 0 Å². The third-order valence-corrected chi connectivity index (χ3v) is 2.78. The molecule has 0 aliphatic rings. The van der Waals surface area contributed by atoms with Crippen molar-refractivity contribution in [2.75, 3.05) is 12.1 Å². The predicted molar refractivity (Wildman–Crippen MR) is 79.6 cm³/mol. The van der Waals surface area contributed by atoms with Crippen molar-refractivity contribution < 1.29 is 13.9 Å². The Morgan fingerprint density at radius 3 is 2.64 bits per heavy atom. The molecule has 118 valence electrons. The number of aromatic nitrogens is 3. The summed E-state index contributed by atoms with van der Waals surface area (Å²) in [6, 6.07) is 2.96. The van der Waals surface area contributed by atoms with Gasteiger partial charge in [-0.15, -0.1) is 0 Å². The lowest BCUT2D eigenvalue weighted by Gasteiger charge is -2.24. The molecule has 0 radical (unpaired) electrons. The molecule has 7 heteroatoms. The van der Waals surface area contributed by atoms with Crippen LogP contribution in [0.2, 0.25) is 0 Å². The smallest absolute Gasteiger partial charge is 0.429 e. The first-order chi connectivity index (χ1) is 10.2. The fourth-order valence-corrected chi connectivity index (χ4v) is 1.73. The lowest BCUT2D eigenvalue weighted by molar-refractivity contribution is 0.0551. The van der Waals surface area contributed by atoms with Gasteiger partial charge >= 0.3 is 6.09 Å². The molecule has 0 fully saturated rings. The third kappa shape index (κ3) is 4.28. The van der Waals surface area contributed by atoms with E-state index in [4.69, 9.17) is 4.74 Å². The number of pyridine rings is 1. The molecule has 0 saturated carbocycles. The normalized spacial score (nSPS) is 11.3. The lowest BCUT2D eigenvalue weighted by Crippen LogP contribution is -2.40. The van der Waals surface area contributed by atoms with Gasteiger partial charge < -0.3 is 4.74 Å². The molecule has 1 amide bonds. The zero-order chi connectivity index (χ0) is 16.3. The summed E-state index contributed by atoms with van der Waals surface area (Å²) in [5.41, 5.74) is 0.855. The van der Waals surface area contributed by atoms with E-state index in [0.717, 1.165) is 5.69 Å².